The number of benzene rings is 1. The van der Waals surface area contributed by atoms with E-state index >= 15 is 0 Å². The van der Waals surface area contributed by atoms with E-state index in [9.17, 15) is 4.39 Å². The molecule has 6 heteroatoms. The van der Waals surface area contributed by atoms with Crippen LogP contribution in [0.15, 0.2) is 48.8 Å². The topological polar surface area (TPSA) is 38.3 Å². The van der Waals surface area contributed by atoms with Crippen molar-refractivity contribution in [3.8, 4) is 16.5 Å². The third-order valence-electron chi connectivity index (χ3n) is 5.72. The number of likely N-dealkylation sites (N-methyl/N-ethyl adjacent to an activating group) is 1. The van der Waals surface area contributed by atoms with Crippen molar-refractivity contribution >= 4 is 16.3 Å². The number of nitrogens with zero attached hydrogens (tertiary/aromatic N) is 3. The van der Waals surface area contributed by atoms with Gasteiger partial charge in [0, 0.05) is 37.0 Å². The Morgan fingerprint density at radius 1 is 1.11 bits per heavy atom. The first-order valence-corrected chi connectivity index (χ1v) is 10.3. The Balaban J connectivity index is 1.67. The quantitative estimate of drug-likeness (QED) is 0.580. The molecule has 1 saturated carbocycles. The molecule has 0 amide bonds. The van der Waals surface area contributed by atoms with Gasteiger partial charge in [-0.2, -0.15) is 4.98 Å². The van der Waals surface area contributed by atoms with E-state index in [1.54, 1.807) is 43.0 Å². The minimum absolute atomic E-state index is 0.189. The van der Waals surface area contributed by atoms with E-state index < -0.39 is 0 Å². The summed E-state index contributed by atoms with van der Waals surface area (Å²) in [6, 6.07) is 11.2. The van der Waals surface area contributed by atoms with Gasteiger partial charge in [-0.3, -0.25) is 4.98 Å². The monoisotopic (exact) mass is 397 g/mol. The van der Waals surface area contributed by atoms with Crippen molar-refractivity contribution in [2.75, 3.05) is 19.1 Å². The summed E-state index contributed by atoms with van der Waals surface area (Å²) < 4.78 is 19.0. The third-order valence-corrected chi connectivity index (χ3v) is 6.89. The smallest absolute Gasteiger partial charge is 0.249 e. The van der Waals surface area contributed by atoms with E-state index in [2.05, 4.69) is 23.9 Å². The van der Waals surface area contributed by atoms with Gasteiger partial charge in [0.2, 0.25) is 5.88 Å². The molecule has 0 saturated heterocycles. The van der Waals surface area contributed by atoms with Crippen molar-refractivity contribution < 1.29 is 9.13 Å². The van der Waals surface area contributed by atoms with Gasteiger partial charge in [0.15, 0.2) is 5.00 Å². The van der Waals surface area contributed by atoms with Crippen LogP contribution < -0.4 is 9.64 Å². The Morgan fingerprint density at radius 2 is 1.82 bits per heavy atom. The second-order valence-electron chi connectivity index (χ2n) is 7.38. The highest BCUT2D eigenvalue weighted by Crippen LogP contribution is 2.47. The predicted molar refractivity (Wildman–Crippen MR) is 112 cm³/mol. The van der Waals surface area contributed by atoms with Gasteiger partial charge in [-0.25, -0.2) is 4.39 Å². The maximum absolute atomic E-state index is 13.4. The van der Waals surface area contributed by atoms with Crippen molar-refractivity contribution in [2.45, 2.75) is 31.7 Å². The fraction of sp³-hybridized carbons (Fsp3) is 0.364. The van der Waals surface area contributed by atoms with Gasteiger partial charge in [0.25, 0.3) is 0 Å². The summed E-state index contributed by atoms with van der Waals surface area (Å²) in [6.45, 7) is 2.29. The summed E-state index contributed by atoms with van der Waals surface area (Å²) in [5.41, 5.74) is 2.23. The van der Waals surface area contributed by atoms with Crippen molar-refractivity contribution in [3.05, 3.63) is 60.2 Å². The lowest BCUT2D eigenvalue weighted by atomic mass is 9.87. The fourth-order valence-corrected chi connectivity index (χ4v) is 5.33. The second kappa shape index (κ2) is 7.87. The molecule has 3 atom stereocenters. The molecule has 146 valence electrons. The zero-order valence-corrected chi connectivity index (χ0v) is 17.1. The van der Waals surface area contributed by atoms with E-state index in [0.29, 0.717) is 23.8 Å². The SMILES string of the molecule is COc1nc(-c2ccncc2)sc1N(C)C1CCC(C)C1c1ccc(F)cc1. The normalized spacial score (nSPS) is 21.6. The van der Waals surface area contributed by atoms with Gasteiger partial charge in [0.05, 0.1) is 7.11 Å². The van der Waals surface area contributed by atoms with Gasteiger partial charge < -0.3 is 9.64 Å². The number of hydrogen-bond donors (Lipinski definition) is 0. The van der Waals surface area contributed by atoms with Crippen LogP contribution >= 0.6 is 11.3 Å². The van der Waals surface area contributed by atoms with Gasteiger partial charge in [0.1, 0.15) is 10.8 Å². The number of rotatable bonds is 5. The Bertz CT molecular complexity index is 929. The second-order valence-corrected chi connectivity index (χ2v) is 8.36. The van der Waals surface area contributed by atoms with Crippen LogP contribution in [0.25, 0.3) is 10.6 Å². The minimum Gasteiger partial charge on any atom is -0.479 e. The summed E-state index contributed by atoms with van der Waals surface area (Å²) >= 11 is 1.64. The third kappa shape index (κ3) is 3.49. The molecular weight excluding hydrogens is 373 g/mol. The lowest BCUT2D eigenvalue weighted by Gasteiger charge is -2.32. The summed E-state index contributed by atoms with van der Waals surface area (Å²) in [5.74, 6) is 1.35. The number of ether oxygens (including phenoxy) is 1. The number of pyridine rings is 1. The summed E-state index contributed by atoms with van der Waals surface area (Å²) in [7, 11) is 3.78. The molecule has 1 aliphatic carbocycles. The first kappa shape index (κ1) is 18.9. The van der Waals surface area contributed by atoms with Gasteiger partial charge in [-0.05, 0) is 48.6 Å². The van der Waals surface area contributed by atoms with E-state index in [0.717, 1.165) is 28.4 Å². The van der Waals surface area contributed by atoms with Crippen molar-refractivity contribution in [1.82, 2.24) is 9.97 Å². The predicted octanol–water partition coefficient (Wildman–Crippen LogP) is 5.37. The number of halogens is 1. The number of methoxy groups -OCH3 is 1. The molecule has 2 aromatic heterocycles. The number of thiazole rings is 1. The molecule has 3 unspecified atom stereocenters. The maximum Gasteiger partial charge on any atom is 0.249 e. The molecule has 28 heavy (non-hydrogen) atoms. The Morgan fingerprint density at radius 3 is 2.50 bits per heavy atom. The number of aromatic nitrogens is 2. The van der Waals surface area contributed by atoms with E-state index in [1.807, 2.05) is 24.3 Å². The molecule has 3 aromatic rings. The molecular formula is C22H24FN3OS. The van der Waals surface area contributed by atoms with Crippen LogP contribution in [0, 0.1) is 11.7 Å². The zero-order chi connectivity index (χ0) is 19.7. The Hall–Kier alpha value is -2.47. The average Bonchev–Trinajstić information content (AvgIpc) is 3.33. The number of anilines is 1. The Labute approximate surface area is 169 Å². The Kier molecular flexibility index (Phi) is 5.31. The van der Waals surface area contributed by atoms with Crippen LogP contribution in [0.5, 0.6) is 5.88 Å². The standard InChI is InChI=1S/C22H24FN3OS/c1-14-4-9-18(19(14)15-5-7-17(23)8-6-15)26(2)22-20(27-3)25-21(28-22)16-10-12-24-13-11-16/h5-8,10-14,18-19H,4,9H2,1-3H3. The van der Waals surface area contributed by atoms with Crippen LogP contribution in [-0.4, -0.2) is 30.2 Å². The fourth-order valence-electron chi connectivity index (χ4n) is 4.26. The summed E-state index contributed by atoms with van der Waals surface area (Å²) in [5, 5.41) is 1.95. The van der Waals surface area contributed by atoms with Crippen molar-refractivity contribution in [2.24, 2.45) is 5.92 Å². The van der Waals surface area contributed by atoms with Gasteiger partial charge in [-0.1, -0.05) is 30.4 Å². The number of hydrogen-bond acceptors (Lipinski definition) is 5. The summed E-state index contributed by atoms with van der Waals surface area (Å²) in [4.78, 5) is 11.1. The largest absolute Gasteiger partial charge is 0.479 e. The molecule has 1 fully saturated rings. The molecule has 0 bridgehead atoms. The van der Waals surface area contributed by atoms with Crippen LogP contribution in [0.3, 0.4) is 0 Å². The lowest BCUT2D eigenvalue weighted by molar-refractivity contribution is 0.398. The molecule has 1 aliphatic rings. The first-order chi connectivity index (χ1) is 13.6. The van der Waals surface area contributed by atoms with E-state index in [-0.39, 0.29) is 5.82 Å². The van der Waals surface area contributed by atoms with Gasteiger partial charge in [-0.15, -0.1) is 0 Å². The lowest BCUT2D eigenvalue weighted by Crippen LogP contribution is -2.34. The van der Waals surface area contributed by atoms with Gasteiger partial charge >= 0.3 is 0 Å². The highest BCUT2D eigenvalue weighted by molar-refractivity contribution is 7.19. The summed E-state index contributed by atoms with van der Waals surface area (Å²) in [6.07, 6.45) is 5.78. The molecule has 0 N–H and O–H groups in total. The van der Waals surface area contributed by atoms with Crippen molar-refractivity contribution in [1.29, 1.82) is 0 Å². The van der Waals surface area contributed by atoms with E-state index in [1.165, 1.54) is 5.56 Å². The van der Waals surface area contributed by atoms with Crippen LogP contribution in [0.2, 0.25) is 0 Å². The molecule has 2 heterocycles. The van der Waals surface area contributed by atoms with Crippen LogP contribution in [0.1, 0.15) is 31.2 Å². The molecule has 4 nitrogen and oxygen atoms in total. The highest BCUT2D eigenvalue weighted by Gasteiger charge is 2.38. The van der Waals surface area contributed by atoms with Crippen LogP contribution in [-0.2, 0) is 0 Å². The molecule has 4 rings (SSSR count). The average molecular weight is 398 g/mol. The van der Waals surface area contributed by atoms with E-state index in [4.69, 9.17) is 9.72 Å². The first-order valence-electron chi connectivity index (χ1n) is 9.52. The minimum atomic E-state index is -0.189. The molecule has 0 spiro atoms. The van der Waals surface area contributed by atoms with Crippen LogP contribution in [0.4, 0.5) is 9.39 Å². The molecule has 0 radical (unpaired) electrons. The molecule has 1 aromatic carbocycles. The molecule has 0 aliphatic heterocycles. The maximum atomic E-state index is 13.4. The highest BCUT2D eigenvalue weighted by atomic mass is 32.1. The zero-order valence-electron chi connectivity index (χ0n) is 16.3. The van der Waals surface area contributed by atoms with Crippen molar-refractivity contribution in [3.63, 3.8) is 0 Å².